The third kappa shape index (κ3) is 4.81. The van der Waals surface area contributed by atoms with Crippen molar-refractivity contribution in [2.45, 2.75) is 83.2 Å². The van der Waals surface area contributed by atoms with E-state index >= 15 is 0 Å². The molecule has 39 heavy (non-hydrogen) atoms. The van der Waals surface area contributed by atoms with Crippen molar-refractivity contribution in [2.75, 3.05) is 29.4 Å². The Labute approximate surface area is 224 Å². The van der Waals surface area contributed by atoms with Gasteiger partial charge in [-0.05, 0) is 47.5 Å². The smallest absolute Gasteiger partial charge is 0.444 e. The van der Waals surface area contributed by atoms with E-state index in [2.05, 4.69) is 24.8 Å². The number of amides is 1. The summed E-state index contributed by atoms with van der Waals surface area (Å²) in [4.78, 5) is 34.7. The van der Waals surface area contributed by atoms with Gasteiger partial charge in [-0.15, -0.1) is 0 Å². The van der Waals surface area contributed by atoms with Crippen molar-refractivity contribution < 1.29 is 22.7 Å². The Morgan fingerprint density at radius 1 is 1.10 bits per heavy atom. The van der Waals surface area contributed by atoms with Gasteiger partial charge < -0.3 is 19.4 Å². The van der Waals surface area contributed by atoms with E-state index in [1.807, 2.05) is 34.6 Å². The molecule has 0 aromatic carbocycles. The van der Waals surface area contributed by atoms with Gasteiger partial charge in [0.05, 0.1) is 0 Å². The summed E-state index contributed by atoms with van der Waals surface area (Å²) in [5.74, 6) is -0.164. The van der Waals surface area contributed by atoms with Crippen LogP contribution in [0.25, 0.3) is 0 Å². The SMILES string of the molecule is C[C@@H]1CN(c2ncnc3c2C2(CCC2)CN3c2cc(C#N)nc(C(F)(F)F)n2)[C@@H](C)CN1C(=O)OC(C)(C)C. The van der Waals surface area contributed by atoms with E-state index < -0.39 is 17.6 Å². The lowest BCUT2D eigenvalue weighted by molar-refractivity contribution is -0.144. The van der Waals surface area contributed by atoms with Crippen LogP contribution in [0.2, 0.25) is 0 Å². The number of ether oxygens (including phenoxy) is 1. The van der Waals surface area contributed by atoms with Crippen LogP contribution in [0.1, 0.15) is 71.0 Å². The van der Waals surface area contributed by atoms with Crippen molar-refractivity contribution in [1.29, 1.82) is 5.26 Å². The summed E-state index contributed by atoms with van der Waals surface area (Å²) in [5, 5.41) is 9.35. The number of carbonyl (C=O) groups is 1. The standard InChI is InChI=1S/C26H31F3N8O2/c1-15-12-36(23(38)39-24(3,4)5)16(2)11-35(15)20-19-21(32-14-31-20)37(13-25(19)7-6-8-25)18-9-17(10-30)33-22(34-18)26(27,28)29/h9,14-16H,6-8,11-13H2,1-5H3/t15-,16+/m0/s1. The van der Waals surface area contributed by atoms with E-state index in [4.69, 9.17) is 4.74 Å². The molecular weight excluding hydrogens is 513 g/mol. The molecule has 208 valence electrons. The average Bonchev–Trinajstić information content (AvgIpc) is 3.20. The van der Waals surface area contributed by atoms with Crippen LogP contribution in [-0.4, -0.2) is 68.2 Å². The number of rotatable bonds is 2. The van der Waals surface area contributed by atoms with Gasteiger partial charge in [-0.1, -0.05) is 6.42 Å². The molecule has 2 aromatic rings. The van der Waals surface area contributed by atoms with Crippen molar-refractivity contribution in [2.24, 2.45) is 0 Å². The molecule has 1 aliphatic carbocycles. The zero-order chi connectivity index (χ0) is 28.3. The molecule has 0 unspecified atom stereocenters. The Kier molecular flexibility index (Phi) is 6.35. The number of halogens is 3. The number of hydrogen-bond donors (Lipinski definition) is 0. The second-order valence-corrected chi connectivity index (χ2v) is 11.6. The molecule has 3 aliphatic rings. The fourth-order valence-electron chi connectivity index (χ4n) is 5.68. The number of nitriles is 1. The molecule has 1 spiro atoms. The maximum absolute atomic E-state index is 13.5. The Bertz CT molecular complexity index is 1330. The van der Waals surface area contributed by atoms with Crippen molar-refractivity contribution in [3.05, 3.63) is 29.5 Å². The Morgan fingerprint density at radius 2 is 1.79 bits per heavy atom. The summed E-state index contributed by atoms with van der Waals surface area (Å²) < 4.78 is 46.2. The van der Waals surface area contributed by atoms with Crippen molar-refractivity contribution in [3.63, 3.8) is 0 Å². The van der Waals surface area contributed by atoms with Crippen LogP contribution in [0.15, 0.2) is 12.4 Å². The first-order valence-electron chi connectivity index (χ1n) is 13.0. The van der Waals surface area contributed by atoms with Crippen LogP contribution in [0.5, 0.6) is 0 Å². The van der Waals surface area contributed by atoms with Crippen LogP contribution in [0.3, 0.4) is 0 Å². The fraction of sp³-hybridized carbons (Fsp3) is 0.615. The first-order valence-corrected chi connectivity index (χ1v) is 13.0. The van der Waals surface area contributed by atoms with Gasteiger partial charge in [-0.25, -0.2) is 24.7 Å². The van der Waals surface area contributed by atoms with Gasteiger partial charge in [0.15, 0.2) is 0 Å². The van der Waals surface area contributed by atoms with Gasteiger partial charge in [0.1, 0.15) is 41.1 Å². The number of piperazine rings is 1. The van der Waals surface area contributed by atoms with Gasteiger partial charge in [-0.2, -0.15) is 18.4 Å². The molecule has 13 heteroatoms. The number of fused-ring (bicyclic) bond motifs is 2. The quantitative estimate of drug-likeness (QED) is 0.537. The lowest BCUT2D eigenvalue weighted by atomic mass is 9.66. The first kappa shape index (κ1) is 26.9. The Balaban J connectivity index is 1.52. The Hall–Kier alpha value is -3.69. The molecular formula is C26H31F3N8O2. The third-order valence-corrected chi connectivity index (χ3v) is 7.61. The average molecular weight is 545 g/mol. The van der Waals surface area contributed by atoms with Crippen LogP contribution < -0.4 is 9.80 Å². The molecule has 2 aliphatic heterocycles. The highest BCUT2D eigenvalue weighted by Gasteiger charge is 2.52. The van der Waals surface area contributed by atoms with Gasteiger partial charge in [0.2, 0.25) is 5.82 Å². The summed E-state index contributed by atoms with van der Waals surface area (Å²) in [5.41, 5.74) is -0.429. The first-order chi connectivity index (χ1) is 18.2. The second kappa shape index (κ2) is 9.20. The summed E-state index contributed by atoms with van der Waals surface area (Å²) in [6, 6.07) is 2.72. The molecule has 4 heterocycles. The highest BCUT2D eigenvalue weighted by atomic mass is 19.4. The Morgan fingerprint density at radius 3 is 2.38 bits per heavy atom. The third-order valence-electron chi connectivity index (χ3n) is 7.61. The number of alkyl halides is 3. The zero-order valence-corrected chi connectivity index (χ0v) is 22.6. The molecule has 10 nitrogen and oxygen atoms in total. The number of aromatic nitrogens is 4. The van der Waals surface area contributed by atoms with Crippen molar-refractivity contribution in [3.8, 4) is 6.07 Å². The summed E-state index contributed by atoms with van der Waals surface area (Å²) in [6.07, 6.45) is -1.11. The maximum Gasteiger partial charge on any atom is 0.451 e. The van der Waals surface area contributed by atoms with Gasteiger partial charge in [-0.3, -0.25) is 0 Å². The molecule has 0 N–H and O–H groups in total. The van der Waals surface area contributed by atoms with E-state index in [-0.39, 0.29) is 35.1 Å². The van der Waals surface area contributed by atoms with E-state index in [0.29, 0.717) is 25.5 Å². The molecule has 2 atom stereocenters. The van der Waals surface area contributed by atoms with Crippen LogP contribution in [0.4, 0.5) is 35.4 Å². The molecule has 2 aromatic heterocycles. The van der Waals surface area contributed by atoms with Gasteiger partial charge in [0.25, 0.3) is 0 Å². The minimum absolute atomic E-state index is 0.0142. The van der Waals surface area contributed by atoms with E-state index in [1.165, 1.54) is 12.4 Å². The van der Waals surface area contributed by atoms with Crippen molar-refractivity contribution in [1.82, 2.24) is 24.8 Å². The molecule has 2 fully saturated rings. The summed E-state index contributed by atoms with van der Waals surface area (Å²) >= 11 is 0. The van der Waals surface area contributed by atoms with Crippen LogP contribution in [0, 0.1) is 11.3 Å². The zero-order valence-electron chi connectivity index (χ0n) is 22.6. The molecule has 1 saturated heterocycles. The predicted octanol–water partition coefficient (Wildman–Crippen LogP) is 4.56. The highest BCUT2D eigenvalue weighted by Crippen LogP contribution is 2.56. The number of nitrogens with zero attached hydrogens (tertiary/aromatic N) is 8. The lowest BCUT2D eigenvalue weighted by Crippen LogP contribution is -2.59. The topological polar surface area (TPSA) is 111 Å². The minimum Gasteiger partial charge on any atom is -0.444 e. The van der Waals surface area contributed by atoms with E-state index in [0.717, 1.165) is 30.6 Å². The fourth-order valence-corrected chi connectivity index (χ4v) is 5.68. The monoisotopic (exact) mass is 544 g/mol. The van der Waals surface area contributed by atoms with Gasteiger partial charge >= 0.3 is 12.3 Å². The molecule has 1 saturated carbocycles. The molecule has 1 amide bonds. The van der Waals surface area contributed by atoms with Crippen LogP contribution >= 0.6 is 0 Å². The molecule has 0 radical (unpaired) electrons. The predicted molar refractivity (Wildman–Crippen MR) is 136 cm³/mol. The second-order valence-electron chi connectivity index (χ2n) is 11.6. The minimum atomic E-state index is -4.80. The number of hydrogen-bond acceptors (Lipinski definition) is 9. The van der Waals surface area contributed by atoms with E-state index in [1.54, 1.807) is 15.9 Å². The molecule has 5 rings (SSSR count). The van der Waals surface area contributed by atoms with Crippen LogP contribution in [-0.2, 0) is 16.3 Å². The van der Waals surface area contributed by atoms with E-state index in [9.17, 15) is 23.2 Å². The maximum atomic E-state index is 13.5. The normalized spacial score (nSPS) is 22.4. The number of carbonyl (C=O) groups excluding carboxylic acids is 1. The highest BCUT2D eigenvalue weighted by molar-refractivity contribution is 5.75. The molecule has 0 bridgehead atoms. The number of anilines is 3. The van der Waals surface area contributed by atoms with Crippen molar-refractivity contribution >= 4 is 23.5 Å². The van der Waals surface area contributed by atoms with Gasteiger partial charge in [0, 0.05) is 48.8 Å². The summed E-state index contributed by atoms with van der Waals surface area (Å²) in [6.45, 7) is 10.8. The summed E-state index contributed by atoms with van der Waals surface area (Å²) in [7, 11) is 0. The largest absolute Gasteiger partial charge is 0.451 e. The lowest BCUT2D eigenvalue weighted by Gasteiger charge is -2.46.